The molecule has 2 heterocycles. The molecular formula is C39H49N5O10S. The van der Waals surface area contributed by atoms with Crippen molar-refractivity contribution in [3.8, 4) is 23.0 Å². The van der Waals surface area contributed by atoms with Gasteiger partial charge in [-0.3, -0.25) is 24.0 Å². The van der Waals surface area contributed by atoms with E-state index in [1.807, 2.05) is 30.3 Å². The fourth-order valence-corrected chi connectivity index (χ4v) is 6.31. The highest BCUT2D eigenvalue weighted by atomic mass is 32.2. The summed E-state index contributed by atoms with van der Waals surface area (Å²) in [6.45, 7) is 1.47. The third kappa shape index (κ3) is 13.3. The average Bonchev–Trinajstić information content (AvgIpc) is 3.16. The number of fused-ring (bicyclic) bond motifs is 18. The number of benzene rings is 3. The second kappa shape index (κ2) is 20.2. The summed E-state index contributed by atoms with van der Waals surface area (Å²) in [6.07, 6.45) is 2.12. The number of carbonyl (C=O) groups is 5. The smallest absolute Gasteiger partial charge is 0.251 e. The number of sulfone groups is 1. The first-order valence-electron chi connectivity index (χ1n) is 17.9. The van der Waals surface area contributed by atoms with Crippen LogP contribution in [-0.2, 0) is 42.0 Å². The molecule has 0 spiro atoms. The molecule has 2 aliphatic heterocycles. The lowest BCUT2D eigenvalue weighted by Gasteiger charge is -2.25. The van der Waals surface area contributed by atoms with Crippen LogP contribution < -0.4 is 35.5 Å². The molecule has 2 aliphatic rings. The van der Waals surface area contributed by atoms with E-state index in [4.69, 9.17) is 14.2 Å². The summed E-state index contributed by atoms with van der Waals surface area (Å²) < 4.78 is 40.8. The second-order valence-electron chi connectivity index (χ2n) is 13.2. The summed E-state index contributed by atoms with van der Waals surface area (Å²) >= 11 is 0. The van der Waals surface area contributed by atoms with Gasteiger partial charge in [0.15, 0.2) is 11.5 Å². The normalized spacial score (nSPS) is 18.0. The second-order valence-corrected chi connectivity index (χ2v) is 15.5. The van der Waals surface area contributed by atoms with Gasteiger partial charge in [0.1, 0.15) is 33.4 Å². The van der Waals surface area contributed by atoms with E-state index in [-0.39, 0.29) is 44.1 Å². The van der Waals surface area contributed by atoms with E-state index in [1.54, 1.807) is 36.4 Å². The molecule has 16 heteroatoms. The third-order valence-electron chi connectivity index (χ3n) is 8.85. The molecule has 0 unspecified atom stereocenters. The lowest BCUT2D eigenvalue weighted by Crippen LogP contribution is -2.54. The Morgan fingerprint density at radius 3 is 2.35 bits per heavy atom. The minimum absolute atomic E-state index is 0.0544. The minimum Gasteiger partial charge on any atom is -0.496 e. The first kappa shape index (κ1) is 42.1. The third-order valence-corrected chi connectivity index (χ3v) is 9.79. The molecule has 0 aliphatic carbocycles. The number of rotatable bonds is 8. The topological polar surface area (TPSA) is 199 Å². The first-order chi connectivity index (χ1) is 26.3. The van der Waals surface area contributed by atoms with Gasteiger partial charge < -0.3 is 40.4 Å². The van der Waals surface area contributed by atoms with Crippen molar-refractivity contribution in [1.82, 2.24) is 26.2 Å². The summed E-state index contributed by atoms with van der Waals surface area (Å²) in [7, 11) is -0.511. The molecule has 55 heavy (non-hydrogen) atoms. The summed E-state index contributed by atoms with van der Waals surface area (Å²) in [6, 6.07) is 17.1. The van der Waals surface area contributed by atoms with Gasteiger partial charge in [0.2, 0.25) is 23.6 Å². The number of amides is 5. The van der Waals surface area contributed by atoms with Crippen molar-refractivity contribution in [1.29, 1.82) is 0 Å². The number of nitrogens with zero attached hydrogens (tertiary/aromatic N) is 1. The molecule has 3 aromatic rings. The Labute approximate surface area is 321 Å². The van der Waals surface area contributed by atoms with Crippen LogP contribution in [-0.4, -0.2) is 101 Å². The summed E-state index contributed by atoms with van der Waals surface area (Å²) in [4.78, 5) is 67.8. The van der Waals surface area contributed by atoms with Crippen molar-refractivity contribution in [3.63, 3.8) is 0 Å². The summed E-state index contributed by atoms with van der Waals surface area (Å²) in [5.41, 5.74) is 1.86. The van der Waals surface area contributed by atoms with Gasteiger partial charge in [-0.25, -0.2) is 8.42 Å². The van der Waals surface area contributed by atoms with Crippen LogP contribution in [0.25, 0.3) is 0 Å². The molecule has 0 radical (unpaired) electrons. The number of aryl methyl sites for hydroxylation is 1. The molecule has 3 aromatic carbocycles. The highest BCUT2D eigenvalue weighted by molar-refractivity contribution is 7.90. The molecule has 0 aromatic heterocycles. The van der Waals surface area contributed by atoms with Crippen LogP contribution in [0.15, 0.2) is 66.7 Å². The van der Waals surface area contributed by atoms with E-state index in [0.717, 1.165) is 11.8 Å². The number of ether oxygens (including phenoxy) is 3. The van der Waals surface area contributed by atoms with E-state index in [1.165, 1.54) is 26.0 Å². The maximum atomic E-state index is 13.6. The van der Waals surface area contributed by atoms with E-state index in [9.17, 15) is 32.4 Å². The van der Waals surface area contributed by atoms with E-state index in [2.05, 4.69) is 21.3 Å². The summed E-state index contributed by atoms with van der Waals surface area (Å²) in [5, 5.41) is 11.1. The van der Waals surface area contributed by atoms with Crippen LogP contribution in [0, 0.1) is 0 Å². The van der Waals surface area contributed by atoms with Gasteiger partial charge in [-0.15, -0.1) is 0 Å². The zero-order valence-electron chi connectivity index (χ0n) is 31.5. The van der Waals surface area contributed by atoms with Gasteiger partial charge >= 0.3 is 0 Å². The van der Waals surface area contributed by atoms with Crippen molar-refractivity contribution in [2.24, 2.45) is 0 Å². The highest BCUT2D eigenvalue weighted by Gasteiger charge is 2.27. The van der Waals surface area contributed by atoms with Gasteiger partial charge in [-0.2, -0.15) is 0 Å². The Kier molecular flexibility index (Phi) is 15.4. The zero-order valence-corrected chi connectivity index (χ0v) is 32.3. The maximum Gasteiger partial charge on any atom is 0.251 e. The van der Waals surface area contributed by atoms with Crippen molar-refractivity contribution in [2.45, 2.75) is 57.7 Å². The SMILES string of the molecule is COc1cc2ccc1CNC(=O)[C@H](C)NC(=O)[C@H](CCc1ccccc1)NC(=O)CN(C(=O)CCS(C)(=O)=O)CCCCNC(=O)c1ccc(OC)c(c1)O2. The van der Waals surface area contributed by atoms with Crippen molar-refractivity contribution in [2.75, 3.05) is 45.9 Å². The van der Waals surface area contributed by atoms with E-state index >= 15 is 0 Å². The Hall–Kier alpha value is -5.64. The quantitative estimate of drug-likeness (QED) is 0.247. The number of hydrogen-bond acceptors (Lipinski definition) is 10. The standard InChI is InChI=1S/C39H49N5O10S/c1-26-37(47)41-24-29-13-15-30(23-33(29)53-3)54-34-22-28(14-17-32(34)52-2)38(48)40-19-8-9-20-44(36(46)18-21-55(4,50)51)25-35(45)43-31(39(49)42-26)16-12-27-10-6-5-7-11-27/h5-7,10-11,13-15,17,22-23,26,31H,8-9,12,16,18-21,24-25H2,1-4H3,(H,40,48)(H,41,47)(H,42,49)(H,43,45)/t26-,31-/m0/s1. The fourth-order valence-electron chi connectivity index (χ4n) is 5.77. The molecule has 2 atom stereocenters. The number of methoxy groups -OCH3 is 2. The van der Waals surface area contributed by atoms with E-state index in [0.29, 0.717) is 47.6 Å². The largest absolute Gasteiger partial charge is 0.496 e. The molecule has 0 saturated carbocycles. The minimum atomic E-state index is -3.46. The molecule has 5 rings (SSSR count). The fraction of sp³-hybridized carbons (Fsp3) is 0.410. The maximum absolute atomic E-state index is 13.6. The predicted molar refractivity (Wildman–Crippen MR) is 205 cm³/mol. The molecule has 4 bridgehead atoms. The van der Waals surface area contributed by atoms with Crippen LogP contribution in [0.3, 0.4) is 0 Å². The predicted octanol–water partition coefficient (Wildman–Crippen LogP) is 2.52. The Morgan fingerprint density at radius 2 is 1.64 bits per heavy atom. The lowest BCUT2D eigenvalue weighted by molar-refractivity contribution is -0.137. The van der Waals surface area contributed by atoms with Gasteiger partial charge in [0, 0.05) is 49.5 Å². The molecule has 5 amide bonds. The highest BCUT2D eigenvalue weighted by Crippen LogP contribution is 2.35. The number of nitrogens with one attached hydrogen (secondary N) is 4. The molecule has 296 valence electrons. The average molecular weight is 780 g/mol. The Bertz CT molecular complexity index is 1940. The van der Waals surface area contributed by atoms with Gasteiger partial charge in [-0.1, -0.05) is 30.3 Å². The van der Waals surface area contributed by atoms with Crippen molar-refractivity contribution < 1.29 is 46.6 Å². The van der Waals surface area contributed by atoms with Gasteiger partial charge in [0.25, 0.3) is 5.91 Å². The van der Waals surface area contributed by atoms with E-state index < -0.39 is 57.8 Å². The zero-order chi connectivity index (χ0) is 40.0. The van der Waals surface area contributed by atoms with Crippen LogP contribution in [0.4, 0.5) is 0 Å². The van der Waals surface area contributed by atoms with Crippen LogP contribution >= 0.6 is 0 Å². The monoisotopic (exact) mass is 779 g/mol. The Balaban J connectivity index is 1.60. The Morgan fingerprint density at radius 1 is 0.891 bits per heavy atom. The van der Waals surface area contributed by atoms with Gasteiger partial charge in [-0.05, 0) is 68.5 Å². The van der Waals surface area contributed by atoms with Crippen molar-refractivity contribution >= 4 is 39.4 Å². The van der Waals surface area contributed by atoms with Crippen molar-refractivity contribution in [3.05, 3.63) is 83.4 Å². The van der Waals surface area contributed by atoms with Crippen LogP contribution in [0.2, 0.25) is 0 Å². The first-order valence-corrected chi connectivity index (χ1v) is 20.0. The number of carbonyl (C=O) groups excluding carboxylic acids is 5. The van der Waals surface area contributed by atoms with Crippen LogP contribution in [0.5, 0.6) is 23.0 Å². The molecule has 0 saturated heterocycles. The van der Waals surface area contributed by atoms with Gasteiger partial charge in [0.05, 0.1) is 26.5 Å². The van der Waals surface area contributed by atoms with Crippen LogP contribution in [0.1, 0.15) is 54.1 Å². The summed E-state index contributed by atoms with van der Waals surface area (Å²) in [5.74, 6) is -1.58. The molecule has 15 nitrogen and oxygen atoms in total. The number of hydrogen-bond donors (Lipinski definition) is 4. The molecular weight excluding hydrogens is 731 g/mol. The molecule has 4 N–H and O–H groups in total. The molecule has 0 fully saturated rings. The lowest BCUT2D eigenvalue weighted by atomic mass is 10.0.